The van der Waals surface area contributed by atoms with Crippen molar-refractivity contribution in [3.8, 4) is 0 Å². The van der Waals surface area contributed by atoms with E-state index in [1.54, 1.807) is 0 Å². The molecule has 3 nitrogen and oxygen atoms in total. The van der Waals surface area contributed by atoms with Crippen LogP contribution in [0, 0.1) is 12.8 Å². The molecule has 1 fully saturated rings. The number of carbonyl (C=O) groups is 1. The van der Waals surface area contributed by atoms with Crippen molar-refractivity contribution >= 4 is 5.91 Å². The number of nitrogens with one attached hydrogen (secondary N) is 1. The van der Waals surface area contributed by atoms with E-state index in [0.717, 1.165) is 30.6 Å². The Morgan fingerprint density at radius 1 is 1.38 bits per heavy atom. The molecule has 0 saturated carbocycles. The lowest BCUT2D eigenvalue weighted by atomic mass is 9.93. The first kappa shape index (κ1) is 16.0. The highest BCUT2D eigenvalue weighted by molar-refractivity contribution is 5.96. The first-order valence-electron chi connectivity index (χ1n) is 7.92. The van der Waals surface area contributed by atoms with Crippen LogP contribution in [0.25, 0.3) is 0 Å². The Bertz CT molecular complexity index is 508. The topological polar surface area (TPSA) is 32.3 Å². The summed E-state index contributed by atoms with van der Waals surface area (Å²) in [6, 6.07) is 8.17. The standard InChI is InChI=1S/C18H28N2O/c1-13(2)10-15-11-19-18(4,5)12-20(15)17(21)16-9-7-6-8-14(16)3/h6-9,13,15,19H,10-12H2,1-5H3. The van der Waals surface area contributed by atoms with Gasteiger partial charge < -0.3 is 10.2 Å². The van der Waals surface area contributed by atoms with Gasteiger partial charge in [0.2, 0.25) is 0 Å². The van der Waals surface area contributed by atoms with E-state index >= 15 is 0 Å². The van der Waals surface area contributed by atoms with Crippen molar-refractivity contribution in [1.29, 1.82) is 0 Å². The molecule has 1 saturated heterocycles. The Balaban J connectivity index is 2.27. The number of amides is 1. The molecule has 0 spiro atoms. The molecule has 2 rings (SSSR count). The molecule has 1 atom stereocenters. The summed E-state index contributed by atoms with van der Waals surface area (Å²) in [5, 5.41) is 3.57. The van der Waals surface area contributed by atoms with Crippen molar-refractivity contribution < 1.29 is 4.79 Å². The quantitative estimate of drug-likeness (QED) is 0.926. The molecule has 0 bridgehead atoms. The smallest absolute Gasteiger partial charge is 0.254 e. The van der Waals surface area contributed by atoms with Crippen LogP contribution in [0.3, 0.4) is 0 Å². The Kier molecular flexibility index (Phi) is 4.72. The largest absolute Gasteiger partial charge is 0.333 e. The van der Waals surface area contributed by atoms with Gasteiger partial charge in [-0.1, -0.05) is 32.0 Å². The van der Waals surface area contributed by atoms with Gasteiger partial charge in [-0.3, -0.25) is 4.79 Å². The van der Waals surface area contributed by atoms with Crippen LogP contribution in [-0.4, -0.2) is 35.5 Å². The summed E-state index contributed by atoms with van der Waals surface area (Å²) in [5.41, 5.74) is 1.87. The zero-order valence-corrected chi connectivity index (χ0v) is 13.9. The van der Waals surface area contributed by atoms with Gasteiger partial charge in [-0.2, -0.15) is 0 Å². The van der Waals surface area contributed by atoms with Gasteiger partial charge in [0.25, 0.3) is 5.91 Å². The maximum absolute atomic E-state index is 13.0. The summed E-state index contributed by atoms with van der Waals surface area (Å²) < 4.78 is 0. The predicted molar refractivity (Wildman–Crippen MR) is 87.5 cm³/mol. The van der Waals surface area contributed by atoms with Crippen LogP contribution in [0.2, 0.25) is 0 Å². The normalized spacial score (nSPS) is 21.6. The molecular formula is C18H28N2O. The summed E-state index contributed by atoms with van der Waals surface area (Å²) in [4.78, 5) is 15.1. The van der Waals surface area contributed by atoms with E-state index in [0.29, 0.717) is 5.92 Å². The van der Waals surface area contributed by atoms with E-state index < -0.39 is 0 Å². The molecule has 1 aromatic rings. The minimum Gasteiger partial charge on any atom is -0.333 e. The molecular weight excluding hydrogens is 260 g/mol. The molecule has 3 heteroatoms. The molecule has 0 radical (unpaired) electrons. The van der Waals surface area contributed by atoms with Crippen LogP contribution in [0.15, 0.2) is 24.3 Å². The Morgan fingerprint density at radius 2 is 2.05 bits per heavy atom. The number of piperazine rings is 1. The summed E-state index contributed by atoms with van der Waals surface area (Å²) in [5.74, 6) is 0.763. The summed E-state index contributed by atoms with van der Waals surface area (Å²) in [6.45, 7) is 12.4. The molecule has 21 heavy (non-hydrogen) atoms. The van der Waals surface area contributed by atoms with Gasteiger partial charge in [-0.15, -0.1) is 0 Å². The van der Waals surface area contributed by atoms with E-state index in [2.05, 4.69) is 37.9 Å². The minimum atomic E-state index is -0.0220. The molecule has 1 N–H and O–H groups in total. The van der Waals surface area contributed by atoms with Crippen LogP contribution in [0.4, 0.5) is 0 Å². The number of benzene rings is 1. The van der Waals surface area contributed by atoms with Gasteiger partial charge in [0.1, 0.15) is 0 Å². The maximum Gasteiger partial charge on any atom is 0.254 e. The van der Waals surface area contributed by atoms with Crippen LogP contribution in [0.1, 0.15) is 50.0 Å². The monoisotopic (exact) mass is 288 g/mol. The van der Waals surface area contributed by atoms with Crippen molar-refractivity contribution in [1.82, 2.24) is 10.2 Å². The molecule has 1 amide bonds. The highest BCUT2D eigenvalue weighted by atomic mass is 16.2. The number of aryl methyl sites for hydroxylation is 1. The van der Waals surface area contributed by atoms with E-state index in [1.165, 1.54) is 0 Å². The third-order valence-corrected chi connectivity index (χ3v) is 4.20. The minimum absolute atomic E-state index is 0.0220. The lowest BCUT2D eigenvalue weighted by Gasteiger charge is -2.45. The highest BCUT2D eigenvalue weighted by Crippen LogP contribution is 2.23. The lowest BCUT2D eigenvalue weighted by Crippen LogP contribution is -2.63. The number of nitrogens with zero attached hydrogens (tertiary/aromatic N) is 1. The maximum atomic E-state index is 13.0. The average Bonchev–Trinajstić information content (AvgIpc) is 2.40. The Labute approximate surface area is 128 Å². The molecule has 1 aliphatic rings. The van der Waals surface area contributed by atoms with E-state index in [9.17, 15) is 4.79 Å². The molecule has 116 valence electrons. The summed E-state index contributed by atoms with van der Waals surface area (Å²) >= 11 is 0. The lowest BCUT2D eigenvalue weighted by molar-refractivity contribution is 0.0467. The Morgan fingerprint density at radius 3 is 2.67 bits per heavy atom. The van der Waals surface area contributed by atoms with Crippen LogP contribution in [0.5, 0.6) is 0 Å². The van der Waals surface area contributed by atoms with Gasteiger partial charge in [0.05, 0.1) is 0 Å². The summed E-state index contributed by atoms with van der Waals surface area (Å²) in [6.07, 6.45) is 1.04. The van der Waals surface area contributed by atoms with Crippen molar-refractivity contribution in [2.24, 2.45) is 5.92 Å². The Hall–Kier alpha value is -1.35. The number of rotatable bonds is 3. The second kappa shape index (κ2) is 6.18. The van der Waals surface area contributed by atoms with Crippen molar-refractivity contribution in [2.45, 2.75) is 52.6 Å². The third-order valence-electron chi connectivity index (χ3n) is 4.20. The van der Waals surface area contributed by atoms with Gasteiger partial charge in [-0.05, 0) is 44.7 Å². The second-order valence-electron chi connectivity index (χ2n) is 7.30. The zero-order chi connectivity index (χ0) is 15.6. The first-order chi connectivity index (χ1) is 9.80. The number of hydrogen-bond acceptors (Lipinski definition) is 2. The van der Waals surface area contributed by atoms with Crippen LogP contribution < -0.4 is 5.32 Å². The van der Waals surface area contributed by atoms with Crippen molar-refractivity contribution in [2.75, 3.05) is 13.1 Å². The molecule has 1 aliphatic heterocycles. The van der Waals surface area contributed by atoms with E-state index in [-0.39, 0.29) is 17.5 Å². The SMILES string of the molecule is Cc1ccccc1C(=O)N1CC(C)(C)NCC1CC(C)C. The fourth-order valence-electron chi connectivity index (χ4n) is 3.08. The van der Waals surface area contributed by atoms with Gasteiger partial charge in [0, 0.05) is 30.2 Å². The average molecular weight is 288 g/mol. The fourth-order valence-corrected chi connectivity index (χ4v) is 3.08. The predicted octanol–water partition coefficient (Wildman–Crippen LogP) is 3.23. The molecule has 1 unspecified atom stereocenters. The van der Waals surface area contributed by atoms with Crippen molar-refractivity contribution in [3.63, 3.8) is 0 Å². The van der Waals surface area contributed by atoms with Gasteiger partial charge in [0.15, 0.2) is 0 Å². The third kappa shape index (κ3) is 3.85. The molecule has 0 aliphatic carbocycles. The fraction of sp³-hybridized carbons (Fsp3) is 0.611. The molecule has 0 aromatic heterocycles. The van der Waals surface area contributed by atoms with Gasteiger partial charge in [-0.25, -0.2) is 0 Å². The summed E-state index contributed by atoms with van der Waals surface area (Å²) in [7, 11) is 0. The van der Waals surface area contributed by atoms with Crippen LogP contribution >= 0.6 is 0 Å². The molecule has 1 aromatic carbocycles. The molecule has 1 heterocycles. The zero-order valence-electron chi connectivity index (χ0n) is 13.9. The number of carbonyl (C=O) groups excluding carboxylic acids is 1. The van der Waals surface area contributed by atoms with Crippen molar-refractivity contribution in [3.05, 3.63) is 35.4 Å². The first-order valence-corrected chi connectivity index (χ1v) is 7.92. The van der Waals surface area contributed by atoms with E-state index in [4.69, 9.17) is 0 Å². The van der Waals surface area contributed by atoms with E-state index in [1.807, 2.05) is 31.2 Å². The van der Waals surface area contributed by atoms with Gasteiger partial charge >= 0.3 is 0 Å². The number of hydrogen-bond donors (Lipinski definition) is 1. The second-order valence-corrected chi connectivity index (χ2v) is 7.30. The highest BCUT2D eigenvalue weighted by Gasteiger charge is 2.36. The van der Waals surface area contributed by atoms with Crippen LogP contribution in [-0.2, 0) is 0 Å².